The van der Waals surface area contributed by atoms with Gasteiger partial charge in [0.2, 0.25) is 0 Å². The number of hydrogen-bond acceptors (Lipinski definition) is 2. The Hall–Kier alpha value is -2.46. The van der Waals surface area contributed by atoms with E-state index < -0.39 is 53.4 Å². The molecule has 0 amide bonds. The molecule has 4 atom stereocenters. The van der Waals surface area contributed by atoms with Gasteiger partial charge in [0.05, 0.1) is 23.8 Å². The summed E-state index contributed by atoms with van der Waals surface area (Å²) in [6.45, 7) is 5.18. The lowest BCUT2D eigenvalue weighted by atomic mass is 9.81. The smallest absolute Gasteiger partial charge is 0.352 e. The Balaban J connectivity index is 1.96. The Morgan fingerprint density at radius 3 is 2.09 bits per heavy atom. The van der Waals surface area contributed by atoms with Gasteiger partial charge in [-0.3, -0.25) is 0 Å². The lowest BCUT2D eigenvalue weighted by Crippen LogP contribution is -2.36. The van der Waals surface area contributed by atoms with Gasteiger partial charge in [-0.25, -0.2) is 8.78 Å². The molecule has 4 unspecified atom stereocenters. The fraction of sp³-hybridized carbons (Fsp3) is 0.391. The number of allylic oxidation sites excluding steroid dienone is 1. The van der Waals surface area contributed by atoms with Gasteiger partial charge in [-0.2, -0.15) is 26.3 Å². The first-order chi connectivity index (χ1) is 15.3. The maximum atomic E-state index is 13.8. The monoisotopic (exact) mass is 480 g/mol. The SMILES string of the molecule is C=CC1CCOC(OC(C)c2cc(C(F)(F)F)cc(C(F)(F)F)c2)C1c1ccc(F)c(F)c1. The van der Waals surface area contributed by atoms with Crippen LogP contribution in [0.15, 0.2) is 49.1 Å². The van der Waals surface area contributed by atoms with Gasteiger partial charge >= 0.3 is 12.4 Å². The zero-order chi connectivity index (χ0) is 24.6. The van der Waals surface area contributed by atoms with Gasteiger partial charge in [0, 0.05) is 5.92 Å². The molecule has 0 aliphatic carbocycles. The Bertz CT molecular complexity index is 967. The van der Waals surface area contributed by atoms with Crippen molar-refractivity contribution in [3.63, 3.8) is 0 Å². The first-order valence-electron chi connectivity index (χ1n) is 9.95. The number of rotatable bonds is 5. The average Bonchev–Trinajstić information content (AvgIpc) is 2.74. The van der Waals surface area contributed by atoms with Crippen LogP contribution in [0, 0.1) is 17.6 Å². The van der Waals surface area contributed by atoms with Crippen LogP contribution in [0.1, 0.15) is 47.6 Å². The lowest BCUT2D eigenvalue weighted by Gasteiger charge is -2.38. The van der Waals surface area contributed by atoms with E-state index in [4.69, 9.17) is 9.47 Å². The van der Waals surface area contributed by atoms with Crippen LogP contribution in [0.25, 0.3) is 0 Å². The van der Waals surface area contributed by atoms with Crippen molar-refractivity contribution in [3.05, 3.63) is 82.9 Å². The molecule has 1 aliphatic heterocycles. The Morgan fingerprint density at radius 1 is 0.970 bits per heavy atom. The third kappa shape index (κ3) is 5.73. The summed E-state index contributed by atoms with van der Waals surface area (Å²) in [4.78, 5) is 0. The van der Waals surface area contributed by atoms with Gasteiger partial charge < -0.3 is 9.47 Å². The minimum Gasteiger partial charge on any atom is -0.352 e. The Labute approximate surface area is 184 Å². The topological polar surface area (TPSA) is 18.5 Å². The summed E-state index contributed by atoms with van der Waals surface area (Å²) in [6, 6.07) is 4.40. The van der Waals surface area contributed by atoms with E-state index in [1.807, 2.05) is 0 Å². The molecule has 3 rings (SSSR count). The normalized spacial score (nSPS) is 22.8. The summed E-state index contributed by atoms with van der Waals surface area (Å²) in [6.07, 6.45) is -10.4. The van der Waals surface area contributed by atoms with Gasteiger partial charge in [-0.15, -0.1) is 6.58 Å². The van der Waals surface area contributed by atoms with E-state index in [9.17, 15) is 35.1 Å². The summed E-state index contributed by atoms with van der Waals surface area (Å²) >= 11 is 0. The molecule has 33 heavy (non-hydrogen) atoms. The summed E-state index contributed by atoms with van der Waals surface area (Å²) in [5.41, 5.74) is -2.98. The molecule has 0 aromatic heterocycles. The van der Waals surface area contributed by atoms with E-state index in [0.717, 1.165) is 12.1 Å². The van der Waals surface area contributed by atoms with E-state index in [2.05, 4.69) is 6.58 Å². The highest BCUT2D eigenvalue weighted by Crippen LogP contribution is 2.41. The molecule has 0 bridgehead atoms. The lowest BCUT2D eigenvalue weighted by molar-refractivity contribution is -0.205. The van der Waals surface area contributed by atoms with Crippen LogP contribution in [0.2, 0.25) is 0 Å². The van der Waals surface area contributed by atoms with Crippen molar-refractivity contribution in [1.29, 1.82) is 0 Å². The van der Waals surface area contributed by atoms with E-state index in [-0.39, 0.29) is 24.2 Å². The first-order valence-corrected chi connectivity index (χ1v) is 9.95. The van der Waals surface area contributed by atoms with E-state index in [1.165, 1.54) is 13.0 Å². The summed E-state index contributed by atoms with van der Waals surface area (Å²) < 4.78 is 118. The fourth-order valence-corrected chi connectivity index (χ4v) is 3.81. The summed E-state index contributed by atoms with van der Waals surface area (Å²) in [7, 11) is 0. The molecule has 0 spiro atoms. The van der Waals surface area contributed by atoms with E-state index >= 15 is 0 Å². The zero-order valence-electron chi connectivity index (χ0n) is 17.3. The first kappa shape index (κ1) is 25.2. The van der Waals surface area contributed by atoms with Crippen molar-refractivity contribution in [1.82, 2.24) is 0 Å². The van der Waals surface area contributed by atoms with Crippen LogP contribution in [-0.2, 0) is 21.8 Å². The van der Waals surface area contributed by atoms with Crippen LogP contribution in [0.4, 0.5) is 35.1 Å². The largest absolute Gasteiger partial charge is 0.416 e. The molecular weight excluding hydrogens is 460 g/mol. The predicted molar refractivity (Wildman–Crippen MR) is 103 cm³/mol. The second-order valence-corrected chi connectivity index (χ2v) is 7.74. The molecule has 1 saturated heterocycles. The Morgan fingerprint density at radius 2 is 1.58 bits per heavy atom. The fourth-order valence-electron chi connectivity index (χ4n) is 3.81. The van der Waals surface area contributed by atoms with Crippen molar-refractivity contribution >= 4 is 0 Å². The van der Waals surface area contributed by atoms with Crippen LogP contribution >= 0.6 is 0 Å². The van der Waals surface area contributed by atoms with Gasteiger partial charge in [-0.05, 0) is 60.7 Å². The minimum atomic E-state index is -5.00. The Kier molecular flexibility index (Phi) is 7.18. The third-order valence-electron chi connectivity index (χ3n) is 5.54. The summed E-state index contributed by atoms with van der Waals surface area (Å²) in [5.74, 6) is -3.20. The molecular formula is C23H20F8O2. The quantitative estimate of drug-likeness (QED) is 0.328. The van der Waals surface area contributed by atoms with Gasteiger partial charge in [0.15, 0.2) is 17.9 Å². The van der Waals surface area contributed by atoms with Gasteiger partial charge in [-0.1, -0.05) is 12.1 Å². The molecule has 2 aromatic rings. The zero-order valence-corrected chi connectivity index (χ0v) is 17.3. The van der Waals surface area contributed by atoms with E-state index in [0.29, 0.717) is 24.1 Å². The molecule has 0 N–H and O–H groups in total. The second-order valence-electron chi connectivity index (χ2n) is 7.74. The van der Waals surface area contributed by atoms with Crippen LogP contribution in [-0.4, -0.2) is 12.9 Å². The molecule has 0 radical (unpaired) electrons. The highest BCUT2D eigenvalue weighted by Gasteiger charge is 2.39. The maximum absolute atomic E-state index is 13.8. The van der Waals surface area contributed by atoms with Crippen LogP contribution in [0.3, 0.4) is 0 Å². The van der Waals surface area contributed by atoms with Crippen molar-refractivity contribution in [2.75, 3.05) is 6.61 Å². The second kappa shape index (κ2) is 9.42. The highest BCUT2D eigenvalue weighted by molar-refractivity contribution is 5.35. The van der Waals surface area contributed by atoms with Crippen molar-refractivity contribution < 1.29 is 44.6 Å². The highest BCUT2D eigenvalue weighted by atomic mass is 19.4. The average molecular weight is 480 g/mol. The number of benzene rings is 2. The van der Waals surface area contributed by atoms with Crippen molar-refractivity contribution in [3.8, 4) is 0 Å². The molecule has 2 aromatic carbocycles. The number of halogens is 8. The van der Waals surface area contributed by atoms with E-state index in [1.54, 1.807) is 6.08 Å². The summed E-state index contributed by atoms with van der Waals surface area (Å²) in [5, 5.41) is 0. The number of ether oxygens (including phenoxy) is 2. The standard InChI is InChI=1S/C23H20F8O2/c1-3-13-6-7-32-21(20(13)14-4-5-18(24)19(25)10-14)33-12(2)15-8-16(22(26,27)28)11-17(9-15)23(29,30)31/h3-5,8-13,20-21H,1,6-7H2,2H3. The van der Waals surface area contributed by atoms with Crippen molar-refractivity contribution in [2.24, 2.45) is 5.92 Å². The molecule has 10 heteroatoms. The van der Waals surface area contributed by atoms with Gasteiger partial charge in [0.25, 0.3) is 0 Å². The number of hydrogen-bond donors (Lipinski definition) is 0. The van der Waals surface area contributed by atoms with Crippen LogP contribution in [0.5, 0.6) is 0 Å². The minimum absolute atomic E-state index is 0.0329. The molecule has 180 valence electrons. The molecule has 2 nitrogen and oxygen atoms in total. The molecule has 1 aliphatic rings. The predicted octanol–water partition coefficient (Wildman–Crippen LogP) is 7.41. The molecule has 1 fully saturated rings. The molecule has 1 heterocycles. The number of alkyl halides is 6. The van der Waals surface area contributed by atoms with Crippen LogP contribution < -0.4 is 0 Å². The van der Waals surface area contributed by atoms with Gasteiger partial charge in [0.1, 0.15) is 0 Å². The third-order valence-corrected chi connectivity index (χ3v) is 5.54. The molecule has 0 saturated carbocycles. The van der Waals surface area contributed by atoms with Crippen molar-refractivity contribution in [2.45, 2.75) is 44.0 Å². The maximum Gasteiger partial charge on any atom is 0.416 e.